The molecule has 0 radical (unpaired) electrons. The van der Waals surface area contributed by atoms with Gasteiger partial charge in [-0.3, -0.25) is 25.0 Å². The number of ketones is 1. The van der Waals surface area contributed by atoms with Crippen molar-refractivity contribution >= 4 is 17.2 Å². The van der Waals surface area contributed by atoms with Crippen molar-refractivity contribution in [1.29, 1.82) is 0 Å². The fourth-order valence-corrected chi connectivity index (χ4v) is 1.45. The zero-order chi connectivity index (χ0) is 14.7. The van der Waals surface area contributed by atoms with Crippen LogP contribution in [0.4, 0.5) is 11.4 Å². The van der Waals surface area contributed by atoms with Gasteiger partial charge in [0.2, 0.25) is 0 Å². The molecule has 0 bridgehead atoms. The molecule has 8 nitrogen and oxygen atoms in total. The average Bonchev–Trinajstić information content (AvgIpc) is 2.30. The Bertz CT molecular complexity index is 517. The predicted octanol–water partition coefficient (Wildman–Crippen LogP) is 1.98. The van der Waals surface area contributed by atoms with Crippen LogP contribution in [-0.4, -0.2) is 20.7 Å². The van der Waals surface area contributed by atoms with Gasteiger partial charge < -0.3 is 5.11 Å². The summed E-state index contributed by atoms with van der Waals surface area (Å²) < 4.78 is 0. The lowest BCUT2D eigenvalue weighted by atomic mass is 10.00. The third-order valence-corrected chi connectivity index (χ3v) is 2.55. The summed E-state index contributed by atoms with van der Waals surface area (Å²) in [4.78, 5) is 31.1. The molecular formula is C11H12N2O6. The lowest BCUT2D eigenvalue weighted by Gasteiger charge is -2.05. The van der Waals surface area contributed by atoms with E-state index in [1.54, 1.807) is 13.8 Å². The van der Waals surface area contributed by atoms with E-state index in [4.69, 9.17) is 0 Å². The molecule has 0 amide bonds. The molecule has 0 heterocycles. The standard InChI is InChI=1S/C11H12N2O6/c1-6(2)10(14)5-7-3-8(12(16)17)11(15)9(4-7)13(18)19/h3-4,6,15H,5H2,1-2H3. The molecule has 0 spiro atoms. The summed E-state index contributed by atoms with van der Waals surface area (Å²) in [5, 5.41) is 30.8. The van der Waals surface area contributed by atoms with Crippen molar-refractivity contribution in [3.63, 3.8) is 0 Å². The van der Waals surface area contributed by atoms with E-state index in [0.29, 0.717) is 0 Å². The predicted molar refractivity (Wildman–Crippen MR) is 65.0 cm³/mol. The van der Waals surface area contributed by atoms with Crippen molar-refractivity contribution < 1.29 is 19.7 Å². The Labute approximate surface area is 108 Å². The van der Waals surface area contributed by atoms with Crippen LogP contribution in [0.2, 0.25) is 0 Å². The molecule has 0 aliphatic rings. The number of phenolic OH excluding ortho intramolecular Hbond substituents is 1. The number of nitro benzene ring substituents is 2. The average molecular weight is 268 g/mol. The van der Waals surface area contributed by atoms with Crippen molar-refractivity contribution in [3.8, 4) is 5.75 Å². The molecule has 1 aromatic rings. The molecule has 0 aliphatic heterocycles. The minimum atomic E-state index is -1.00. The molecule has 102 valence electrons. The van der Waals surface area contributed by atoms with Gasteiger partial charge in [-0.15, -0.1) is 0 Å². The molecule has 0 atom stereocenters. The van der Waals surface area contributed by atoms with Gasteiger partial charge in [0.05, 0.1) is 9.85 Å². The van der Waals surface area contributed by atoms with Gasteiger partial charge in [0, 0.05) is 24.5 Å². The fourth-order valence-electron chi connectivity index (χ4n) is 1.45. The van der Waals surface area contributed by atoms with Crippen LogP contribution >= 0.6 is 0 Å². The van der Waals surface area contributed by atoms with Gasteiger partial charge in [0.15, 0.2) is 0 Å². The van der Waals surface area contributed by atoms with E-state index in [2.05, 4.69) is 0 Å². The summed E-state index contributed by atoms with van der Waals surface area (Å²) in [5.74, 6) is -1.49. The second-order valence-corrected chi connectivity index (χ2v) is 4.29. The number of Topliss-reactive ketones (excluding diaryl/α,β-unsaturated/α-hetero) is 1. The number of nitro groups is 2. The number of carbonyl (C=O) groups excluding carboxylic acids is 1. The van der Waals surface area contributed by atoms with Crippen LogP contribution in [0.1, 0.15) is 19.4 Å². The third kappa shape index (κ3) is 3.24. The molecule has 0 saturated carbocycles. The van der Waals surface area contributed by atoms with Crippen LogP contribution in [-0.2, 0) is 11.2 Å². The quantitative estimate of drug-likeness (QED) is 0.643. The molecule has 0 aliphatic carbocycles. The topological polar surface area (TPSA) is 124 Å². The lowest BCUT2D eigenvalue weighted by molar-refractivity contribution is -0.396. The van der Waals surface area contributed by atoms with Crippen molar-refractivity contribution in [2.75, 3.05) is 0 Å². The highest BCUT2D eigenvalue weighted by atomic mass is 16.6. The first-order valence-electron chi connectivity index (χ1n) is 5.41. The van der Waals surface area contributed by atoms with E-state index in [0.717, 1.165) is 12.1 Å². The number of carbonyl (C=O) groups is 1. The number of benzene rings is 1. The smallest absolute Gasteiger partial charge is 0.318 e. The van der Waals surface area contributed by atoms with Gasteiger partial charge in [-0.2, -0.15) is 0 Å². The van der Waals surface area contributed by atoms with E-state index in [1.165, 1.54) is 0 Å². The van der Waals surface area contributed by atoms with E-state index >= 15 is 0 Å². The molecule has 0 fully saturated rings. The summed E-state index contributed by atoms with van der Waals surface area (Å²) in [6.07, 6.45) is -0.153. The monoisotopic (exact) mass is 268 g/mol. The van der Waals surface area contributed by atoms with Gasteiger partial charge >= 0.3 is 11.4 Å². The molecule has 8 heteroatoms. The maximum Gasteiger partial charge on any atom is 0.318 e. The first-order chi connectivity index (χ1) is 8.73. The highest BCUT2D eigenvalue weighted by molar-refractivity contribution is 5.83. The van der Waals surface area contributed by atoms with Crippen molar-refractivity contribution in [3.05, 3.63) is 37.9 Å². The van der Waals surface area contributed by atoms with Crippen molar-refractivity contribution in [2.45, 2.75) is 20.3 Å². The second-order valence-electron chi connectivity index (χ2n) is 4.29. The van der Waals surface area contributed by atoms with Crippen LogP contribution in [0, 0.1) is 26.1 Å². The zero-order valence-corrected chi connectivity index (χ0v) is 10.3. The minimum absolute atomic E-state index is 0.134. The number of phenols is 1. The Hall–Kier alpha value is -2.51. The van der Waals surface area contributed by atoms with Crippen LogP contribution < -0.4 is 0 Å². The molecule has 1 rings (SSSR count). The molecule has 1 N–H and O–H groups in total. The summed E-state index contributed by atoms with van der Waals surface area (Å²) in [6, 6.07) is 1.95. The minimum Gasteiger partial charge on any atom is -0.497 e. The lowest BCUT2D eigenvalue weighted by Crippen LogP contribution is -2.10. The Balaban J connectivity index is 3.31. The van der Waals surface area contributed by atoms with Crippen LogP contribution in [0.3, 0.4) is 0 Å². The van der Waals surface area contributed by atoms with E-state index in [-0.39, 0.29) is 23.7 Å². The number of aromatic hydroxyl groups is 1. The maximum atomic E-state index is 11.6. The first-order valence-corrected chi connectivity index (χ1v) is 5.41. The largest absolute Gasteiger partial charge is 0.497 e. The Morgan fingerprint density at radius 3 is 1.95 bits per heavy atom. The zero-order valence-electron chi connectivity index (χ0n) is 10.3. The Morgan fingerprint density at radius 1 is 1.21 bits per heavy atom. The molecule has 1 aromatic carbocycles. The summed E-state index contributed by atoms with van der Waals surface area (Å²) in [5.41, 5.74) is -1.42. The van der Waals surface area contributed by atoms with Crippen LogP contribution in [0.15, 0.2) is 12.1 Å². The number of nitrogens with zero attached hydrogens (tertiary/aromatic N) is 2. The Kier molecular flexibility index (Phi) is 4.15. The SMILES string of the molecule is CC(C)C(=O)Cc1cc([N+](=O)[O-])c(O)c([N+](=O)[O-])c1. The van der Waals surface area contributed by atoms with Crippen LogP contribution in [0.5, 0.6) is 5.75 Å². The van der Waals surface area contributed by atoms with Gasteiger partial charge in [0.25, 0.3) is 5.75 Å². The van der Waals surface area contributed by atoms with Gasteiger partial charge in [0.1, 0.15) is 5.78 Å². The molecule has 19 heavy (non-hydrogen) atoms. The highest BCUT2D eigenvalue weighted by Crippen LogP contribution is 2.36. The van der Waals surface area contributed by atoms with E-state index in [9.17, 15) is 30.1 Å². The first kappa shape index (κ1) is 14.6. The molecule has 0 aromatic heterocycles. The van der Waals surface area contributed by atoms with Gasteiger partial charge in [-0.05, 0) is 5.56 Å². The van der Waals surface area contributed by atoms with Gasteiger partial charge in [-0.1, -0.05) is 13.8 Å². The number of rotatable bonds is 5. The van der Waals surface area contributed by atoms with E-state index < -0.39 is 27.0 Å². The summed E-state index contributed by atoms with van der Waals surface area (Å²) in [6.45, 7) is 3.32. The molecular weight excluding hydrogens is 256 g/mol. The van der Waals surface area contributed by atoms with E-state index in [1.807, 2.05) is 0 Å². The van der Waals surface area contributed by atoms with Crippen molar-refractivity contribution in [2.24, 2.45) is 5.92 Å². The third-order valence-electron chi connectivity index (χ3n) is 2.55. The number of hydrogen-bond acceptors (Lipinski definition) is 6. The van der Waals surface area contributed by atoms with Gasteiger partial charge in [-0.25, -0.2) is 0 Å². The van der Waals surface area contributed by atoms with Crippen LogP contribution in [0.25, 0.3) is 0 Å². The summed E-state index contributed by atoms with van der Waals surface area (Å²) in [7, 11) is 0. The maximum absolute atomic E-state index is 11.6. The molecule has 0 saturated heterocycles. The normalized spacial score (nSPS) is 10.5. The highest BCUT2D eigenvalue weighted by Gasteiger charge is 2.26. The fraction of sp³-hybridized carbons (Fsp3) is 0.364. The Morgan fingerprint density at radius 2 is 1.63 bits per heavy atom. The summed E-state index contributed by atoms with van der Waals surface area (Å²) >= 11 is 0. The molecule has 0 unspecified atom stereocenters. The number of hydrogen-bond donors (Lipinski definition) is 1. The second kappa shape index (κ2) is 5.42. The van der Waals surface area contributed by atoms with Crippen molar-refractivity contribution in [1.82, 2.24) is 0 Å².